The first-order valence-corrected chi connectivity index (χ1v) is 8.72. The summed E-state index contributed by atoms with van der Waals surface area (Å²) in [5, 5.41) is 16.5. The van der Waals surface area contributed by atoms with E-state index in [-0.39, 0.29) is 17.6 Å². The van der Waals surface area contributed by atoms with Crippen LogP contribution in [0.2, 0.25) is 0 Å². The molecule has 24 heavy (non-hydrogen) atoms. The molecule has 2 aromatic rings. The molecule has 2 N–H and O–H groups in total. The molecule has 2 atom stereocenters. The lowest BCUT2D eigenvalue weighted by molar-refractivity contribution is -0.122. The van der Waals surface area contributed by atoms with Crippen molar-refractivity contribution in [2.24, 2.45) is 22.9 Å². The Labute approximate surface area is 141 Å². The summed E-state index contributed by atoms with van der Waals surface area (Å²) in [4.78, 5) is 12.3. The summed E-state index contributed by atoms with van der Waals surface area (Å²) in [6.07, 6.45) is 4.85. The molecular weight excluding hydrogens is 300 g/mol. The fraction of sp³-hybridized carbons (Fsp3) is 0.400. The molecule has 2 saturated carbocycles. The molecule has 0 radical (unpaired) electrons. The highest BCUT2D eigenvalue weighted by Gasteiger charge is 2.54. The van der Waals surface area contributed by atoms with Gasteiger partial charge in [0, 0.05) is 16.9 Å². The molecule has 4 heteroatoms. The van der Waals surface area contributed by atoms with E-state index >= 15 is 0 Å². The number of nitrogens with zero attached hydrogens (tertiary/aromatic N) is 1. The topological polar surface area (TPSA) is 61.7 Å². The summed E-state index contributed by atoms with van der Waals surface area (Å²) in [5.74, 6) is 1.54. The number of hydrogen-bond donors (Lipinski definition) is 2. The highest BCUT2D eigenvalue weighted by molar-refractivity contribution is 6.06. The van der Waals surface area contributed by atoms with Crippen molar-refractivity contribution in [1.82, 2.24) is 5.43 Å². The second kappa shape index (κ2) is 5.93. The Bertz CT molecular complexity index is 815. The zero-order valence-corrected chi connectivity index (χ0v) is 13.8. The molecule has 1 amide bonds. The lowest BCUT2D eigenvalue weighted by atomic mass is 10.0. The number of aromatic hydroxyl groups is 1. The molecule has 0 aliphatic heterocycles. The first kappa shape index (κ1) is 15.2. The maximum Gasteiger partial charge on any atom is 0.243 e. The van der Waals surface area contributed by atoms with Gasteiger partial charge in [0.05, 0.1) is 5.71 Å². The van der Waals surface area contributed by atoms with Crippen LogP contribution in [-0.2, 0) is 4.79 Å². The summed E-state index contributed by atoms with van der Waals surface area (Å²) in [7, 11) is 0. The number of amides is 1. The number of phenolic OH excluding ortho intramolecular Hbond substituents is 1. The van der Waals surface area contributed by atoms with Crippen molar-refractivity contribution in [2.75, 3.05) is 0 Å². The van der Waals surface area contributed by atoms with Gasteiger partial charge in [0.15, 0.2) is 0 Å². The summed E-state index contributed by atoms with van der Waals surface area (Å²) in [6.45, 7) is 1.81. The summed E-state index contributed by atoms with van der Waals surface area (Å²) in [6, 6.07) is 11.5. The number of hydrazone groups is 1. The van der Waals surface area contributed by atoms with E-state index in [1.54, 1.807) is 0 Å². The van der Waals surface area contributed by atoms with Gasteiger partial charge in [-0.1, -0.05) is 43.2 Å². The van der Waals surface area contributed by atoms with Crippen LogP contribution in [-0.4, -0.2) is 16.7 Å². The van der Waals surface area contributed by atoms with E-state index in [1.165, 1.54) is 25.7 Å². The Morgan fingerprint density at radius 1 is 1.12 bits per heavy atom. The molecule has 2 aliphatic carbocycles. The second-order valence-corrected chi connectivity index (χ2v) is 6.99. The Morgan fingerprint density at radius 3 is 2.58 bits per heavy atom. The maximum absolute atomic E-state index is 12.3. The number of fused-ring (bicyclic) bond motifs is 2. The van der Waals surface area contributed by atoms with Crippen molar-refractivity contribution >= 4 is 22.4 Å². The minimum Gasteiger partial charge on any atom is -0.507 e. The van der Waals surface area contributed by atoms with E-state index in [0.717, 1.165) is 10.8 Å². The van der Waals surface area contributed by atoms with Crippen molar-refractivity contribution in [1.29, 1.82) is 0 Å². The van der Waals surface area contributed by atoms with E-state index < -0.39 is 0 Å². The van der Waals surface area contributed by atoms with Gasteiger partial charge < -0.3 is 5.11 Å². The Kier molecular flexibility index (Phi) is 3.75. The SMILES string of the molecule is CC(=NNC(=O)C1C2CCCCC21)c1ccc2ccccc2c1O. The van der Waals surface area contributed by atoms with Gasteiger partial charge in [-0.05, 0) is 43.1 Å². The van der Waals surface area contributed by atoms with E-state index in [9.17, 15) is 9.90 Å². The van der Waals surface area contributed by atoms with Gasteiger partial charge in [0.2, 0.25) is 5.91 Å². The van der Waals surface area contributed by atoms with Crippen LogP contribution in [0.4, 0.5) is 0 Å². The number of carbonyl (C=O) groups excluding carboxylic acids is 1. The minimum atomic E-state index is 0.0338. The third kappa shape index (κ3) is 2.56. The fourth-order valence-corrected chi connectivity index (χ4v) is 4.20. The van der Waals surface area contributed by atoms with Crippen LogP contribution >= 0.6 is 0 Å². The van der Waals surface area contributed by atoms with Crippen LogP contribution in [0.1, 0.15) is 38.2 Å². The molecule has 2 aromatic carbocycles. The van der Waals surface area contributed by atoms with Crippen LogP contribution < -0.4 is 5.43 Å². The Balaban J connectivity index is 1.51. The first-order chi connectivity index (χ1) is 11.7. The van der Waals surface area contributed by atoms with Gasteiger partial charge in [-0.3, -0.25) is 4.79 Å². The molecule has 0 heterocycles. The molecule has 4 rings (SSSR count). The Hall–Kier alpha value is -2.36. The van der Waals surface area contributed by atoms with Gasteiger partial charge in [0.1, 0.15) is 5.75 Å². The summed E-state index contributed by atoms with van der Waals surface area (Å²) < 4.78 is 0. The van der Waals surface area contributed by atoms with Gasteiger partial charge in [-0.25, -0.2) is 5.43 Å². The molecule has 0 aromatic heterocycles. The van der Waals surface area contributed by atoms with Gasteiger partial charge in [-0.2, -0.15) is 5.10 Å². The number of hydrogen-bond acceptors (Lipinski definition) is 3. The van der Waals surface area contributed by atoms with E-state index in [1.807, 2.05) is 43.3 Å². The average molecular weight is 322 g/mol. The normalized spacial score (nSPS) is 26.0. The Morgan fingerprint density at radius 2 is 1.83 bits per heavy atom. The van der Waals surface area contributed by atoms with Gasteiger partial charge >= 0.3 is 0 Å². The summed E-state index contributed by atoms with van der Waals surface area (Å²) >= 11 is 0. The quantitative estimate of drug-likeness (QED) is 0.666. The van der Waals surface area contributed by atoms with Crippen molar-refractivity contribution in [3.63, 3.8) is 0 Å². The molecule has 124 valence electrons. The van der Waals surface area contributed by atoms with Crippen LogP contribution in [0.5, 0.6) is 5.75 Å². The van der Waals surface area contributed by atoms with Crippen molar-refractivity contribution in [3.05, 3.63) is 42.0 Å². The number of phenols is 1. The third-order valence-electron chi connectivity index (χ3n) is 5.58. The third-order valence-corrected chi connectivity index (χ3v) is 5.58. The lowest BCUT2D eigenvalue weighted by Crippen LogP contribution is -2.22. The number of benzene rings is 2. The number of nitrogens with one attached hydrogen (secondary N) is 1. The molecule has 0 spiro atoms. The zero-order chi connectivity index (χ0) is 16.7. The smallest absolute Gasteiger partial charge is 0.243 e. The molecule has 2 aliphatic rings. The molecule has 0 bridgehead atoms. The molecular formula is C20H22N2O2. The van der Waals surface area contributed by atoms with Crippen LogP contribution in [0.25, 0.3) is 10.8 Å². The minimum absolute atomic E-state index is 0.0338. The predicted molar refractivity (Wildman–Crippen MR) is 94.9 cm³/mol. The summed E-state index contributed by atoms with van der Waals surface area (Å²) in [5.41, 5.74) is 3.99. The predicted octanol–water partition coefficient (Wildman–Crippen LogP) is 3.82. The molecule has 2 unspecified atom stereocenters. The number of rotatable bonds is 3. The first-order valence-electron chi connectivity index (χ1n) is 8.72. The van der Waals surface area contributed by atoms with E-state index in [0.29, 0.717) is 23.1 Å². The van der Waals surface area contributed by atoms with E-state index in [2.05, 4.69) is 10.5 Å². The molecule has 0 saturated heterocycles. The van der Waals surface area contributed by atoms with Crippen molar-refractivity contribution < 1.29 is 9.90 Å². The second-order valence-electron chi connectivity index (χ2n) is 6.99. The largest absolute Gasteiger partial charge is 0.507 e. The fourth-order valence-electron chi connectivity index (χ4n) is 4.20. The molecule has 2 fully saturated rings. The van der Waals surface area contributed by atoms with Crippen LogP contribution in [0.15, 0.2) is 41.5 Å². The van der Waals surface area contributed by atoms with Crippen LogP contribution in [0, 0.1) is 17.8 Å². The number of carbonyl (C=O) groups is 1. The average Bonchev–Trinajstić information content (AvgIpc) is 3.34. The van der Waals surface area contributed by atoms with E-state index in [4.69, 9.17) is 0 Å². The molecule has 4 nitrogen and oxygen atoms in total. The van der Waals surface area contributed by atoms with Crippen molar-refractivity contribution in [3.8, 4) is 5.75 Å². The van der Waals surface area contributed by atoms with Gasteiger partial charge in [-0.15, -0.1) is 0 Å². The highest BCUT2D eigenvalue weighted by Crippen LogP contribution is 2.55. The van der Waals surface area contributed by atoms with Gasteiger partial charge in [0.25, 0.3) is 0 Å². The monoisotopic (exact) mass is 322 g/mol. The lowest BCUT2D eigenvalue weighted by Gasteiger charge is -2.08. The highest BCUT2D eigenvalue weighted by atomic mass is 16.3. The van der Waals surface area contributed by atoms with Crippen molar-refractivity contribution in [2.45, 2.75) is 32.6 Å². The van der Waals surface area contributed by atoms with Crippen LogP contribution in [0.3, 0.4) is 0 Å². The standard InChI is InChI=1S/C20H22N2O2/c1-12(14-11-10-13-6-2-3-7-15(13)19(14)23)21-22-20(24)18-16-8-4-5-9-17(16)18/h2-3,6-7,10-11,16-18,23H,4-5,8-9H2,1H3,(H,22,24). The zero-order valence-electron chi connectivity index (χ0n) is 13.8. The maximum atomic E-state index is 12.3.